The summed E-state index contributed by atoms with van der Waals surface area (Å²) in [6.07, 6.45) is 1.28. The van der Waals surface area contributed by atoms with E-state index in [1.54, 1.807) is 6.07 Å². The van der Waals surface area contributed by atoms with Crippen LogP contribution in [0.1, 0.15) is 5.56 Å². The van der Waals surface area contributed by atoms with Crippen LogP contribution in [0, 0.1) is 21.4 Å². The van der Waals surface area contributed by atoms with Gasteiger partial charge in [-0.2, -0.15) is 5.26 Å². The van der Waals surface area contributed by atoms with Crippen LogP contribution in [-0.4, -0.2) is 35.6 Å². The zero-order chi connectivity index (χ0) is 21.4. The van der Waals surface area contributed by atoms with Crippen LogP contribution in [0.5, 0.6) is 11.5 Å². The predicted octanol–water partition coefficient (Wildman–Crippen LogP) is 2.61. The number of benzene rings is 2. The van der Waals surface area contributed by atoms with Gasteiger partial charge in [0, 0.05) is 0 Å². The molecule has 1 amide bonds. The molecule has 0 aromatic heterocycles. The van der Waals surface area contributed by atoms with Crippen molar-refractivity contribution < 1.29 is 29.1 Å². The fourth-order valence-electron chi connectivity index (χ4n) is 2.21. The lowest BCUT2D eigenvalue weighted by Crippen LogP contribution is -2.14. The van der Waals surface area contributed by atoms with Crippen molar-refractivity contribution in [1.29, 1.82) is 5.26 Å². The van der Waals surface area contributed by atoms with Gasteiger partial charge in [-0.15, -0.1) is 0 Å². The van der Waals surface area contributed by atoms with Crippen molar-refractivity contribution >= 4 is 29.3 Å². The second-order valence-electron chi connectivity index (χ2n) is 5.52. The normalized spacial score (nSPS) is 10.6. The summed E-state index contributed by atoms with van der Waals surface area (Å²) in [6, 6.07) is 11.7. The lowest BCUT2D eigenvalue weighted by Gasteiger charge is -2.07. The lowest BCUT2D eigenvalue weighted by atomic mass is 10.1. The van der Waals surface area contributed by atoms with E-state index >= 15 is 0 Å². The van der Waals surface area contributed by atoms with Gasteiger partial charge in [0.2, 0.25) is 0 Å². The zero-order valence-corrected chi connectivity index (χ0v) is 15.1. The summed E-state index contributed by atoms with van der Waals surface area (Å²) in [5.74, 6) is -1.39. The van der Waals surface area contributed by atoms with E-state index in [1.807, 2.05) is 0 Å². The average Bonchev–Trinajstić information content (AvgIpc) is 2.71. The van der Waals surface area contributed by atoms with Gasteiger partial charge >= 0.3 is 5.97 Å². The van der Waals surface area contributed by atoms with Gasteiger partial charge in [0.15, 0.2) is 6.61 Å². The van der Waals surface area contributed by atoms with Crippen molar-refractivity contribution in [1.82, 2.24) is 0 Å². The molecule has 0 bridgehead atoms. The summed E-state index contributed by atoms with van der Waals surface area (Å²) in [5, 5.41) is 31.4. The Bertz CT molecular complexity index is 1010. The maximum atomic E-state index is 12.4. The SMILES string of the molecule is COc1ccc(NC(=O)/C(C#N)=C/c2ccc(OCC(=O)O)cc2)c([N+](=O)[O-])c1. The molecule has 148 valence electrons. The third-order valence-electron chi connectivity index (χ3n) is 3.57. The first-order valence-electron chi connectivity index (χ1n) is 8.04. The van der Waals surface area contributed by atoms with E-state index < -0.39 is 23.4 Å². The Morgan fingerprint density at radius 3 is 2.45 bits per heavy atom. The Balaban J connectivity index is 2.20. The highest BCUT2D eigenvalue weighted by Gasteiger charge is 2.19. The van der Waals surface area contributed by atoms with E-state index in [9.17, 15) is 25.0 Å². The molecule has 10 heteroatoms. The number of methoxy groups -OCH3 is 1. The number of rotatable bonds is 8. The molecule has 2 N–H and O–H groups in total. The molecule has 0 saturated heterocycles. The van der Waals surface area contributed by atoms with Crippen LogP contribution in [0.15, 0.2) is 48.0 Å². The van der Waals surface area contributed by atoms with Crippen LogP contribution >= 0.6 is 0 Å². The van der Waals surface area contributed by atoms with Gasteiger partial charge in [-0.1, -0.05) is 12.1 Å². The van der Waals surface area contributed by atoms with Gasteiger partial charge in [-0.3, -0.25) is 14.9 Å². The highest BCUT2D eigenvalue weighted by atomic mass is 16.6. The Morgan fingerprint density at radius 2 is 1.90 bits per heavy atom. The molecule has 0 radical (unpaired) electrons. The summed E-state index contributed by atoms with van der Waals surface area (Å²) in [7, 11) is 1.35. The minimum atomic E-state index is -1.12. The summed E-state index contributed by atoms with van der Waals surface area (Å²) in [6.45, 7) is -0.498. The molecule has 0 unspecified atom stereocenters. The molecule has 0 atom stereocenters. The summed E-state index contributed by atoms with van der Waals surface area (Å²) in [4.78, 5) is 33.4. The topological polar surface area (TPSA) is 152 Å². The second kappa shape index (κ2) is 9.52. The number of nitro groups is 1. The second-order valence-corrected chi connectivity index (χ2v) is 5.52. The zero-order valence-electron chi connectivity index (χ0n) is 15.1. The standard InChI is InChI=1S/C19H15N3O7/c1-28-15-6-7-16(17(9-15)22(26)27)21-19(25)13(10-20)8-12-2-4-14(5-3-12)29-11-18(23)24/h2-9H,11H2,1H3,(H,21,25)(H,23,24)/b13-8+. The first kappa shape index (κ1) is 20.9. The lowest BCUT2D eigenvalue weighted by molar-refractivity contribution is -0.384. The molecule has 0 fully saturated rings. The third kappa shape index (κ3) is 5.80. The van der Waals surface area contributed by atoms with Crippen molar-refractivity contribution in [3.63, 3.8) is 0 Å². The third-order valence-corrected chi connectivity index (χ3v) is 3.57. The highest BCUT2D eigenvalue weighted by molar-refractivity contribution is 6.10. The number of carboxylic acid groups (broad SMARTS) is 1. The van der Waals surface area contributed by atoms with Crippen LogP contribution in [0.3, 0.4) is 0 Å². The molecule has 0 aliphatic rings. The molecule has 0 aliphatic carbocycles. The molecular weight excluding hydrogens is 382 g/mol. The molecular formula is C19H15N3O7. The van der Waals surface area contributed by atoms with E-state index in [1.165, 1.54) is 49.6 Å². The average molecular weight is 397 g/mol. The van der Waals surface area contributed by atoms with E-state index in [0.717, 1.165) is 6.07 Å². The van der Waals surface area contributed by atoms with E-state index in [0.29, 0.717) is 11.3 Å². The smallest absolute Gasteiger partial charge is 0.341 e. The quantitative estimate of drug-likeness (QED) is 0.298. The molecule has 10 nitrogen and oxygen atoms in total. The van der Waals surface area contributed by atoms with Crippen LogP contribution in [0.4, 0.5) is 11.4 Å². The Labute approximate surface area is 164 Å². The maximum absolute atomic E-state index is 12.4. The highest BCUT2D eigenvalue weighted by Crippen LogP contribution is 2.29. The first-order valence-corrected chi connectivity index (χ1v) is 8.04. The van der Waals surface area contributed by atoms with Crippen molar-refractivity contribution in [2.45, 2.75) is 0 Å². The minimum absolute atomic E-state index is 0.0839. The number of nitro benzene ring substituents is 1. The Kier molecular flexibility index (Phi) is 6.86. The molecule has 0 spiro atoms. The molecule has 2 rings (SSSR count). The Hall–Kier alpha value is -4.39. The van der Waals surface area contributed by atoms with Crippen molar-refractivity contribution in [3.05, 3.63) is 63.7 Å². The van der Waals surface area contributed by atoms with Gasteiger partial charge in [-0.05, 0) is 35.9 Å². The number of anilines is 1. The molecule has 0 heterocycles. The van der Waals surface area contributed by atoms with Gasteiger partial charge in [0.1, 0.15) is 28.8 Å². The monoisotopic (exact) mass is 397 g/mol. The van der Waals surface area contributed by atoms with Crippen LogP contribution in [0.25, 0.3) is 6.08 Å². The van der Waals surface area contributed by atoms with E-state index in [2.05, 4.69) is 5.32 Å². The van der Waals surface area contributed by atoms with Gasteiger partial charge < -0.3 is 19.9 Å². The number of carboxylic acids is 1. The first-order chi connectivity index (χ1) is 13.8. The van der Waals surface area contributed by atoms with Crippen LogP contribution < -0.4 is 14.8 Å². The number of hydrogen-bond donors (Lipinski definition) is 2. The molecule has 2 aromatic carbocycles. The number of aliphatic carboxylic acids is 1. The fraction of sp³-hybridized carbons (Fsp3) is 0.105. The summed E-state index contributed by atoms with van der Waals surface area (Å²) in [5.41, 5.74) is -0.271. The molecule has 29 heavy (non-hydrogen) atoms. The molecule has 0 aliphatic heterocycles. The number of hydrogen-bond acceptors (Lipinski definition) is 7. The van der Waals surface area contributed by atoms with Gasteiger partial charge in [0.25, 0.3) is 11.6 Å². The fourth-order valence-corrected chi connectivity index (χ4v) is 2.21. The Morgan fingerprint density at radius 1 is 1.24 bits per heavy atom. The predicted molar refractivity (Wildman–Crippen MR) is 101 cm³/mol. The number of carbonyl (C=O) groups is 2. The van der Waals surface area contributed by atoms with Gasteiger partial charge in [-0.25, -0.2) is 4.79 Å². The van der Waals surface area contributed by atoms with E-state index in [-0.39, 0.29) is 22.7 Å². The minimum Gasteiger partial charge on any atom is -0.496 e. The number of nitriles is 1. The number of amides is 1. The maximum Gasteiger partial charge on any atom is 0.341 e. The number of nitrogens with one attached hydrogen (secondary N) is 1. The van der Waals surface area contributed by atoms with Crippen molar-refractivity contribution in [2.24, 2.45) is 0 Å². The summed E-state index contributed by atoms with van der Waals surface area (Å²) < 4.78 is 9.93. The largest absolute Gasteiger partial charge is 0.496 e. The van der Waals surface area contributed by atoms with Crippen LogP contribution in [0.2, 0.25) is 0 Å². The number of nitrogens with zero attached hydrogens (tertiary/aromatic N) is 2. The summed E-state index contributed by atoms with van der Waals surface area (Å²) >= 11 is 0. The molecule has 2 aromatic rings. The van der Waals surface area contributed by atoms with Gasteiger partial charge in [0.05, 0.1) is 18.1 Å². The van der Waals surface area contributed by atoms with Crippen molar-refractivity contribution in [2.75, 3.05) is 19.0 Å². The van der Waals surface area contributed by atoms with Crippen LogP contribution in [-0.2, 0) is 9.59 Å². The molecule has 0 saturated carbocycles. The number of carbonyl (C=O) groups excluding carboxylic acids is 1. The van der Waals surface area contributed by atoms with E-state index in [4.69, 9.17) is 14.6 Å². The van der Waals surface area contributed by atoms with Crippen molar-refractivity contribution in [3.8, 4) is 17.6 Å². The number of ether oxygens (including phenoxy) is 2.